The van der Waals surface area contributed by atoms with Crippen LogP contribution < -0.4 is 0 Å². The number of fused-ring (bicyclic) bond motifs is 1. The fraction of sp³-hybridized carbons (Fsp3) is 0.450. The van der Waals surface area contributed by atoms with Crippen molar-refractivity contribution in [2.75, 3.05) is 6.54 Å². The minimum Gasteiger partial charge on any atom is -0.478 e. The van der Waals surface area contributed by atoms with Crippen LogP contribution in [0.25, 0.3) is 0 Å². The number of aromatic carboxylic acids is 1. The summed E-state index contributed by atoms with van der Waals surface area (Å²) in [5, 5.41) is 9.75. The number of benzene rings is 3. The van der Waals surface area contributed by atoms with Gasteiger partial charge in [0, 0.05) is 19.0 Å². The number of hydrogen-bond donors (Lipinski definition) is 1. The molecule has 4 nitrogen and oxygen atoms in total. The molecule has 3 aliphatic rings. The highest BCUT2D eigenvalue weighted by molar-refractivity contribution is 5.90. The van der Waals surface area contributed by atoms with Crippen molar-refractivity contribution in [3.8, 4) is 0 Å². The lowest BCUT2D eigenvalue weighted by molar-refractivity contribution is -0.137. The minimum atomic E-state index is -0.985. The number of unbranched alkanes of at least 4 members (excludes halogenated alkanes) is 1. The first-order valence-electron chi connectivity index (χ1n) is 16.7. The molecule has 236 valence electrons. The third-order valence-electron chi connectivity index (χ3n) is 11.6. The molecule has 0 saturated carbocycles. The van der Waals surface area contributed by atoms with E-state index in [9.17, 15) is 19.1 Å². The molecule has 2 aliphatic carbocycles. The summed E-state index contributed by atoms with van der Waals surface area (Å²) in [4.78, 5) is 28.1. The molecule has 1 saturated heterocycles. The van der Waals surface area contributed by atoms with Crippen molar-refractivity contribution in [3.05, 3.63) is 118 Å². The fourth-order valence-corrected chi connectivity index (χ4v) is 8.75. The third-order valence-corrected chi connectivity index (χ3v) is 11.6. The van der Waals surface area contributed by atoms with Crippen LogP contribution in [0.2, 0.25) is 0 Å². The highest BCUT2D eigenvalue weighted by Gasteiger charge is 2.54. The van der Waals surface area contributed by atoms with Gasteiger partial charge < -0.3 is 10.0 Å². The number of carboxylic acids is 1. The second kappa shape index (κ2) is 12.6. The molecule has 1 spiro atoms. The number of halogens is 1. The van der Waals surface area contributed by atoms with Crippen LogP contribution in [0.5, 0.6) is 0 Å². The van der Waals surface area contributed by atoms with Crippen molar-refractivity contribution in [2.45, 2.75) is 95.9 Å². The van der Waals surface area contributed by atoms with Gasteiger partial charge in [-0.15, -0.1) is 0 Å². The van der Waals surface area contributed by atoms with E-state index in [2.05, 4.69) is 51.1 Å². The number of allylic oxidation sites excluding steroid dienone is 2. The number of amides is 1. The van der Waals surface area contributed by atoms with Crippen LogP contribution in [0.3, 0.4) is 0 Å². The maximum absolute atomic E-state index is 14.4. The topological polar surface area (TPSA) is 57.6 Å². The first-order valence-corrected chi connectivity index (χ1v) is 16.7. The Hall–Kier alpha value is -3.73. The summed E-state index contributed by atoms with van der Waals surface area (Å²) in [6.07, 6.45) is 10.2. The van der Waals surface area contributed by atoms with E-state index < -0.39 is 11.4 Å². The number of carbonyl (C=O) groups excluding carboxylic acids is 1. The molecule has 0 radical (unpaired) electrons. The molecule has 4 unspecified atom stereocenters. The maximum Gasteiger partial charge on any atom is 0.336 e. The van der Waals surface area contributed by atoms with Crippen LogP contribution in [-0.2, 0) is 16.8 Å². The molecular formula is C40H46FNO3. The van der Waals surface area contributed by atoms with Crippen LogP contribution in [0.4, 0.5) is 4.39 Å². The highest BCUT2D eigenvalue weighted by atomic mass is 19.1. The predicted molar refractivity (Wildman–Crippen MR) is 177 cm³/mol. The molecule has 5 heteroatoms. The standard InChI is InChI=1S/C40H46FNO3/c1-27-32(34-16-8-9-17-35(34)39(27,2)3)14-6-4-11-28-12-10-23-40(24-22-28)36(29-18-20-31(41)21-19-29)26-42(38(40)45)25-30-13-5-7-15-33(30)37(43)44/h5,7-9,12-13,15-21,27,32,36H,4,6,10-11,14,22-26H2,1-3H3,(H,43,44). The van der Waals surface area contributed by atoms with Gasteiger partial charge in [-0.25, -0.2) is 9.18 Å². The highest BCUT2D eigenvalue weighted by Crippen LogP contribution is 2.54. The van der Waals surface area contributed by atoms with Crippen molar-refractivity contribution in [1.82, 2.24) is 4.90 Å². The maximum atomic E-state index is 14.4. The summed E-state index contributed by atoms with van der Waals surface area (Å²) in [5.41, 5.74) is 5.98. The first kappa shape index (κ1) is 31.3. The van der Waals surface area contributed by atoms with E-state index in [1.807, 2.05) is 23.1 Å². The van der Waals surface area contributed by atoms with E-state index in [0.717, 1.165) is 44.1 Å². The fourth-order valence-electron chi connectivity index (χ4n) is 8.75. The van der Waals surface area contributed by atoms with Gasteiger partial charge in [0.15, 0.2) is 0 Å². The number of rotatable bonds is 9. The van der Waals surface area contributed by atoms with Gasteiger partial charge in [-0.3, -0.25) is 4.79 Å². The Morgan fingerprint density at radius 2 is 1.71 bits per heavy atom. The van der Waals surface area contributed by atoms with Crippen LogP contribution in [-0.4, -0.2) is 28.4 Å². The summed E-state index contributed by atoms with van der Waals surface area (Å²) < 4.78 is 13.9. The smallest absolute Gasteiger partial charge is 0.336 e. The summed E-state index contributed by atoms with van der Waals surface area (Å²) in [6, 6.07) is 22.6. The van der Waals surface area contributed by atoms with E-state index in [0.29, 0.717) is 23.9 Å². The Bertz CT molecular complexity index is 1590. The Morgan fingerprint density at radius 3 is 2.49 bits per heavy atom. The second-order valence-electron chi connectivity index (χ2n) is 14.3. The van der Waals surface area contributed by atoms with Gasteiger partial charge in [0.2, 0.25) is 5.91 Å². The molecular weight excluding hydrogens is 561 g/mol. The van der Waals surface area contributed by atoms with Gasteiger partial charge in [-0.1, -0.05) is 93.4 Å². The number of likely N-dealkylation sites (tertiary alicyclic amines) is 1. The van der Waals surface area contributed by atoms with Crippen LogP contribution >= 0.6 is 0 Å². The zero-order chi connectivity index (χ0) is 31.8. The Morgan fingerprint density at radius 1 is 0.978 bits per heavy atom. The molecule has 3 aromatic carbocycles. The average Bonchev–Trinajstić information content (AvgIpc) is 3.27. The molecule has 1 aliphatic heterocycles. The Kier molecular flexibility index (Phi) is 8.74. The summed E-state index contributed by atoms with van der Waals surface area (Å²) in [7, 11) is 0. The van der Waals surface area contributed by atoms with Crippen molar-refractivity contribution in [2.24, 2.45) is 11.3 Å². The molecule has 0 aromatic heterocycles. The Balaban J connectivity index is 1.14. The SMILES string of the molecule is CC1C(CCCCC2=CCCC3(CC2)C(=O)N(Cc2ccccc2C(=O)O)CC3c2ccc(F)cc2)c2ccccc2C1(C)C. The van der Waals surface area contributed by atoms with E-state index in [1.54, 1.807) is 18.2 Å². The number of carboxylic acid groups (broad SMARTS) is 1. The van der Waals surface area contributed by atoms with E-state index in [1.165, 1.54) is 41.7 Å². The molecule has 1 heterocycles. The van der Waals surface area contributed by atoms with E-state index >= 15 is 0 Å². The van der Waals surface area contributed by atoms with Gasteiger partial charge in [-0.05, 0) is 103 Å². The third kappa shape index (κ3) is 5.87. The normalized spacial score (nSPS) is 25.7. The Labute approximate surface area is 267 Å². The van der Waals surface area contributed by atoms with Crippen molar-refractivity contribution >= 4 is 11.9 Å². The van der Waals surface area contributed by atoms with Crippen LogP contribution in [0, 0.1) is 17.2 Å². The monoisotopic (exact) mass is 607 g/mol. The van der Waals surface area contributed by atoms with Gasteiger partial charge in [-0.2, -0.15) is 0 Å². The summed E-state index contributed by atoms with van der Waals surface area (Å²) in [6.45, 7) is 7.96. The van der Waals surface area contributed by atoms with Gasteiger partial charge >= 0.3 is 5.97 Å². The van der Waals surface area contributed by atoms with Gasteiger partial charge in [0.05, 0.1) is 11.0 Å². The van der Waals surface area contributed by atoms with Crippen LogP contribution in [0.1, 0.15) is 117 Å². The molecule has 3 aromatic rings. The number of carbonyl (C=O) groups is 2. The summed E-state index contributed by atoms with van der Waals surface area (Å²) in [5.74, 6) is -0.0129. The second-order valence-corrected chi connectivity index (χ2v) is 14.3. The molecule has 4 atom stereocenters. The first-order chi connectivity index (χ1) is 21.6. The molecule has 45 heavy (non-hydrogen) atoms. The molecule has 0 bridgehead atoms. The zero-order valence-electron chi connectivity index (χ0n) is 26.9. The van der Waals surface area contributed by atoms with Crippen molar-refractivity contribution < 1.29 is 19.1 Å². The van der Waals surface area contributed by atoms with Crippen molar-refractivity contribution in [3.63, 3.8) is 0 Å². The molecule has 1 fully saturated rings. The number of nitrogens with zero attached hydrogens (tertiary/aromatic N) is 1. The largest absolute Gasteiger partial charge is 0.478 e. The quantitative estimate of drug-likeness (QED) is 0.195. The number of hydrogen-bond acceptors (Lipinski definition) is 2. The predicted octanol–water partition coefficient (Wildman–Crippen LogP) is 9.41. The van der Waals surface area contributed by atoms with Crippen molar-refractivity contribution in [1.29, 1.82) is 0 Å². The lowest BCUT2D eigenvalue weighted by Gasteiger charge is -2.32. The lowest BCUT2D eigenvalue weighted by atomic mass is 9.68. The lowest BCUT2D eigenvalue weighted by Crippen LogP contribution is -2.36. The summed E-state index contributed by atoms with van der Waals surface area (Å²) >= 11 is 0. The average molecular weight is 608 g/mol. The minimum absolute atomic E-state index is 0.0670. The zero-order valence-corrected chi connectivity index (χ0v) is 26.9. The molecule has 6 rings (SSSR count). The molecule has 1 amide bonds. The van der Waals surface area contributed by atoms with E-state index in [4.69, 9.17) is 0 Å². The van der Waals surface area contributed by atoms with E-state index in [-0.39, 0.29) is 35.2 Å². The van der Waals surface area contributed by atoms with Gasteiger partial charge in [0.25, 0.3) is 0 Å². The van der Waals surface area contributed by atoms with Crippen LogP contribution in [0.15, 0.2) is 84.4 Å². The van der Waals surface area contributed by atoms with Gasteiger partial charge in [0.1, 0.15) is 5.82 Å². The molecule has 1 N–H and O–H groups in total.